The lowest BCUT2D eigenvalue weighted by Gasteiger charge is -2.28. The molecule has 0 amide bonds. The van der Waals surface area contributed by atoms with Crippen LogP contribution in [0.4, 0.5) is 11.4 Å². The van der Waals surface area contributed by atoms with E-state index in [0.717, 1.165) is 25.2 Å². The van der Waals surface area contributed by atoms with E-state index in [9.17, 15) is 0 Å². The quantitative estimate of drug-likeness (QED) is 0.804. The summed E-state index contributed by atoms with van der Waals surface area (Å²) < 4.78 is 0. The van der Waals surface area contributed by atoms with Crippen molar-refractivity contribution in [2.45, 2.75) is 27.2 Å². The number of nitrogen functional groups attached to an aromatic ring is 1. The van der Waals surface area contributed by atoms with Gasteiger partial charge in [-0.25, -0.2) is 0 Å². The van der Waals surface area contributed by atoms with E-state index in [0.29, 0.717) is 21.7 Å². The van der Waals surface area contributed by atoms with Crippen molar-refractivity contribution in [3.05, 3.63) is 22.2 Å². The van der Waals surface area contributed by atoms with Crippen molar-refractivity contribution in [1.82, 2.24) is 0 Å². The number of rotatable bonds is 5. The van der Waals surface area contributed by atoms with Gasteiger partial charge in [-0.1, -0.05) is 43.5 Å². The van der Waals surface area contributed by atoms with Gasteiger partial charge in [0.25, 0.3) is 0 Å². The Morgan fingerprint density at radius 2 is 1.76 bits per heavy atom. The lowest BCUT2D eigenvalue weighted by Crippen LogP contribution is -2.28. The zero-order valence-corrected chi connectivity index (χ0v) is 12.1. The molecular weight excluding hydrogens is 255 g/mol. The second-order valence-electron chi connectivity index (χ2n) is 4.39. The van der Waals surface area contributed by atoms with Crippen LogP contribution >= 0.6 is 23.2 Å². The highest BCUT2D eigenvalue weighted by Crippen LogP contribution is 2.36. The Morgan fingerprint density at radius 3 is 2.18 bits per heavy atom. The summed E-state index contributed by atoms with van der Waals surface area (Å²) in [7, 11) is 0. The van der Waals surface area contributed by atoms with Gasteiger partial charge in [-0.3, -0.25) is 0 Å². The van der Waals surface area contributed by atoms with Crippen LogP contribution in [0.2, 0.25) is 10.0 Å². The van der Waals surface area contributed by atoms with Crippen molar-refractivity contribution < 1.29 is 0 Å². The van der Waals surface area contributed by atoms with Gasteiger partial charge >= 0.3 is 0 Å². The van der Waals surface area contributed by atoms with Gasteiger partial charge in [-0.05, 0) is 25.0 Å². The molecule has 1 unspecified atom stereocenters. The first kappa shape index (κ1) is 14.5. The van der Waals surface area contributed by atoms with Crippen LogP contribution < -0.4 is 10.6 Å². The summed E-state index contributed by atoms with van der Waals surface area (Å²) in [5.41, 5.74) is 7.20. The third kappa shape index (κ3) is 3.68. The first-order chi connectivity index (χ1) is 7.99. The maximum absolute atomic E-state index is 6.23. The molecule has 2 N–H and O–H groups in total. The summed E-state index contributed by atoms with van der Waals surface area (Å²) in [4.78, 5) is 2.21. The summed E-state index contributed by atoms with van der Waals surface area (Å²) in [5, 5.41) is 1.25. The Balaban J connectivity index is 3.03. The van der Waals surface area contributed by atoms with Crippen molar-refractivity contribution >= 4 is 34.6 Å². The summed E-state index contributed by atoms with van der Waals surface area (Å²) in [6, 6.07) is 3.50. The summed E-state index contributed by atoms with van der Waals surface area (Å²) in [6.07, 6.45) is 1.14. The van der Waals surface area contributed by atoms with Crippen molar-refractivity contribution in [3.63, 3.8) is 0 Å². The molecule has 0 aliphatic heterocycles. The predicted octanol–water partition coefficient (Wildman–Crippen LogP) is 4.45. The third-order valence-electron chi connectivity index (χ3n) is 2.97. The molecule has 0 radical (unpaired) electrons. The van der Waals surface area contributed by atoms with Crippen LogP contribution in [0, 0.1) is 5.92 Å². The SMILES string of the molecule is CCC(C)CN(CC)c1c(Cl)cc(N)cc1Cl. The van der Waals surface area contributed by atoms with Crippen LogP contribution in [0.1, 0.15) is 27.2 Å². The Labute approximate surface area is 114 Å². The standard InChI is InChI=1S/C13H20Cl2N2/c1-4-9(3)8-17(5-2)13-11(14)6-10(16)7-12(13)15/h6-7,9H,4-5,8,16H2,1-3H3. The largest absolute Gasteiger partial charge is 0.399 e. The van der Waals surface area contributed by atoms with Crippen LogP contribution in [0.15, 0.2) is 12.1 Å². The minimum atomic E-state index is 0.600. The molecule has 4 heteroatoms. The average molecular weight is 275 g/mol. The summed E-state index contributed by atoms with van der Waals surface area (Å²) in [6.45, 7) is 8.35. The third-order valence-corrected chi connectivity index (χ3v) is 3.54. The zero-order chi connectivity index (χ0) is 13.0. The molecule has 1 rings (SSSR count). The second kappa shape index (κ2) is 6.36. The molecule has 96 valence electrons. The second-order valence-corrected chi connectivity index (χ2v) is 5.20. The van der Waals surface area contributed by atoms with Crippen molar-refractivity contribution in [2.75, 3.05) is 23.7 Å². The first-order valence-corrected chi connectivity index (χ1v) is 6.74. The highest BCUT2D eigenvalue weighted by molar-refractivity contribution is 6.39. The maximum atomic E-state index is 6.23. The lowest BCUT2D eigenvalue weighted by atomic mass is 10.1. The average Bonchev–Trinajstić information content (AvgIpc) is 2.25. The number of benzene rings is 1. The molecule has 1 aromatic carbocycles. The molecule has 1 aromatic rings. The Bertz CT molecular complexity index is 357. The number of hydrogen-bond acceptors (Lipinski definition) is 2. The molecule has 0 bridgehead atoms. The maximum Gasteiger partial charge on any atom is 0.0746 e. The molecule has 0 heterocycles. The molecule has 1 atom stereocenters. The van der Waals surface area contributed by atoms with Gasteiger partial charge in [-0.15, -0.1) is 0 Å². The Morgan fingerprint density at radius 1 is 1.24 bits per heavy atom. The lowest BCUT2D eigenvalue weighted by molar-refractivity contribution is 0.548. The molecule has 0 aliphatic rings. The number of nitrogens with two attached hydrogens (primary N) is 1. The van der Waals surface area contributed by atoms with Crippen molar-refractivity contribution in [1.29, 1.82) is 0 Å². The fourth-order valence-electron chi connectivity index (χ4n) is 1.77. The number of anilines is 2. The van der Waals surface area contributed by atoms with Gasteiger partial charge in [-0.2, -0.15) is 0 Å². The van der Waals surface area contributed by atoms with Crippen LogP contribution in [0.5, 0.6) is 0 Å². The van der Waals surface area contributed by atoms with Gasteiger partial charge in [0.15, 0.2) is 0 Å². The number of halogens is 2. The molecule has 0 fully saturated rings. The molecule has 0 spiro atoms. The van der Waals surface area contributed by atoms with Gasteiger partial charge in [0.1, 0.15) is 0 Å². The van der Waals surface area contributed by atoms with E-state index in [1.165, 1.54) is 0 Å². The molecule has 0 saturated carbocycles. The number of hydrogen-bond donors (Lipinski definition) is 1. The van der Waals surface area contributed by atoms with E-state index < -0.39 is 0 Å². The Hall–Kier alpha value is -0.600. The van der Waals surface area contributed by atoms with Crippen LogP contribution in [-0.4, -0.2) is 13.1 Å². The molecular formula is C13H20Cl2N2. The van der Waals surface area contributed by atoms with E-state index >= 15 is 0 Å². The van der Waals surface area contributed by atoms with Crippen molar-refractivity contribution in [3.8, 4) is 0 Å². The first-order valence-electron chi connectivity index (χ1n) is 5.99. The van der Waals surface area contributed by atoms with E-state index in [4.69, 9.17) is 28.9 Å². The summed E-state index contributed by atoms with van der Waals surface area (Å²) >= 11 is 12.5. The fourth-order valence-corrected chi connectivity index (χ4v) is 2.51. The minimum absolute atomic E-state index is 0.600. The van der Waals surface area contributed by atoms with E-state index in [2.05, 4.69) is 25.7 Å². The minimum Gasteiger partial charge on any atom is -0.399 e. The summed E-state index contributed by atoms with van der Waals surface area (Å²) in [5.74, 6) is 0.611. The molecule has 0 aromatic heterocycles. The monoisotopic (exact) mass is 274 g/mol. The normalized spacial score (nSPS) is 12.5. The van der Waals surface area contributed by atoms with Crippen LogP contribution in [-0.2, 0) is 0 Å². The van der Waals surface area contributed by atoms with Crippen molar-refractivity contribution in [2.24, 2.45) is 5.92 Å². The number of nitrogens with zero attached hydrogens (tertiary/aromatic N) is 1. The topological polar surface area (TPSA) is 29.3 Å². The highest BCUT2D eigenvalue weighted by atomic mass is 35.5. The predicted molar refractivity (Wildman–Crippen MR) is 78.2 cm³/mol. The van der Waals surface area contributed by atoms with Gasteiger partial charge in [0.2, 0.25) is 0 Å². The molecule has 0 aliphatic carbocycles. The van der Waals surface area contributed by atoms with E-state index in [-0.39, 0.29) is 0 Å². The van der Waals surface area contributed by atoms with Gasteiger partial charge in [0, 0.05) is 18.8 Å². The smallest absolute Gasteiger partial charge is 0.0746 e. The highest BCUT2D eigenvalue weighted by Gasteiger charge is 2.15. The fraction of sp³-hybridized carbons (Fsp3) is 0.538. The van der Waals surface area contributed by atoms with E-state index in [1.807, 2.05) is 0 Å². The van der Waals surface area contributed by atoms with E-state index in [1.54, 1.807) is 12.1 Å². The molecule has 2 nitrogen and oxygen atoms in total. The molecule has 0 saturated heterocycles. The van der Waals surface area contributed by atoms with Crippen LogP contribution in [0.3, 0.4) is 0 Å². The zero-order valence-electron chi connectivity index (χ0n) is 10.6. The molecule has 17 heavy (non-hydrogen) atoms. The van der Waals surface area contributed by atoms with Crippen LogP contribution in [0.25, 0.3) is 0 Å². The van der Waals surface area contributed by atoms with Gasteiger partial charge < -0.3 is 10.6 Å². The van der Waals surface area contributed by atoms with Gasteiger partial charge in [0.05, 0.1) is 15.7 Å². The Kier molecular flexibility index (Phi) is 5.41.